The summed E-state index contributed by atoms with van der Waals surface area (Å²) in [5.41, 5.74) is 1.56. The molecule has 0 unspecified atom stereocenters. The highest BCUT2D eigenvalue weighted by molar-refractivity contribution is 9.10. The third-order valence-corrected chi connectivity index (χ3v) is 4.62. The van der Waals surface area contributed by atoms with Crippen LogP contribution < -0.4 is 5.32 Å². The van der Waals surface area contributed by atoms with Crippen molar-refractivity contribution in [3.05, 3.63) is 62.0 Å². The van der Waals surface area contributed by atoms with Gasteiger partial charge in [0.05, 0.1) is 10.6 Å². The molecule has 7 heteroatoms. The van der Waals surface area contributed by atoms with Crippen LogP contribution in [0.3, 0.4) is 0 Å². The maximum Gasteiger partial charge on any atom is 0.338 e. The van der Waals surface area contributed by atoms with E-state index in [1.165, 1.54) is 6.07 Å². The zero-order chi connectivity index (χ0) is 17.0. The molecule has 0 atom stereocenters. The Morgan fingerprint density at radius 1 is 1.22 bits per heavy atom. The maximum absolute atomic E-state index is 11.9. The van der Waals surface area contributed by atoms with Crippen molar-refractivity contribution in [2.24, 2.45) is 0 Å². The number of anilines is 1. The molecular weight excluding hydrogens is 405 g/mol. The van der Waals surface area contributed by atoms with E-state index >= 15 is 0 Å². The van der Waals surface area contributed by atoms with Crippen LogP contribution in [0.5, 0.6) is 0 Å². The molecule has 0 aromatic heterocycles. The summed E-state index contributed by atoms with van der Waals surface area (Å²) in [6, 6.07) is 9.74. The molecule has 0 saturated heterocycles. The van der Waals surface area contributed by atoms with Crippen LogP contribution >= 0.6 is 39.1 Å². The van der Waals surface area contributed by atoms with Crippen LogP contribution in [0.15, 0.2) is 40.9 Å². The number of nitrogens with one attached hydrogen (secondary N) is 1. The maximum atomic E-state index is 11.9. The first-order chi connectivity index (χ1) is 10.9. The molecule has 2 rings (SSSR count). The molecule has 120 valence electrons. The molecule has 1 N–H and O–H groups in total. The van der Waals surface area contributed by atoms with Crippen molar-refractivity contribution in [3.63, 3.8) is 0 Å². The Labute approximate surface area is 151 Å². The number of ether oxygens (including phenoxy) is 1. The lowest BCUT2D eigenvalue weighted by atomic mass is 10.2. The number of rotatable bonds is 4. The predicted molar refractivity (Wildman–Crippen MR) is 94.3 cm³/mol. The van der Waals surface area contributed by atoms with E-state index in [4.69, 9.17) is 27.9 Å². The van der Waals surface area contributed by atoms with Gasteiger partial charge in [0.1, 0.15) is 0 Å². The standard InChI is InChI=1S/C16H12BrCl2NO3/c1-9-13(6-5-12(17)15(9)19)20-14(21)8-23-16(22)10-3-2-4-11(18)7-10/h2-7H,8H2,1H3,(H,20,21). The van der Waals surface area contributed by atoms with E-state index in [1.807, 2.05) is 0 Å². The van der Waals surface area contributed by atoms with Gasteiger partial charge in [0.15, 0.2) is 6.61 Å². The third-order valence-electron chi connectivity index (χ3n) is 3.01. The fourth-order valence-electron chi connectivity index (χ4n) is 1.80. The van der Waals surface area contributed by atoms with E-state index in [0.29, 0.717) is 15.7 Å². The number of carbonyl (C=O) groups excluding carboxylic acids is 2. The first kappa shape index (κ1) is 17.8. The van der Waals surface area contributed by atoms with E-state index in [9.17, 15) is 9.59 Å². The lowest BCUT2D eigenvalue weighted by molar-refractivity contribution is -0.119. The van der Waals surface area contributed by atoms with Crippen LogP contribution in [0.4, 0.5) is 5.69 Å². The number of benzene rings is 2. The lowest BCUT2D eigenvalue weighted by Gasteiger charge is -2.11. The van der Waals surface area contributed by atoms with Gasteiger partial charge >= 0.3 is 5.97 Å². The number of amides is 1. The molecule has 0 aliphatic carbocycles. The molecule has 0 heterocycles. The van der Waals surface area contributed by atoms with Crippen molar-refractivity contribution in [1.82, 2.24) is 0 Å². The Balaban J connectivity index is 1.95. The van der Waals surface area contributed by atoms with Crippen molar-refractivity contribution in [1.29, 1.82) is 0 Å². The molecule has 0 aliphatic rings. The Morgan fingerprint density at radius 2 is 1.96 bits per heavy atom. The van der Waals surface area contributed by atoms with Gasteiger partial charge in [-0.1, -0.05) is 29.3 Å². The van der Waals surface area contributed by atoms with Crippen LogP contribution in [0.1, 0.15) is 15.9 Å². The van der Waals surface area contributed by atoms with E-state index in [0.717, 1.165) is 10.0 Å². The molecule has 0 spiro atoms. The van der Waals surface area contributed by atoms with Crippen LogP contribution in [0, 0.1) is 6.92 Å². The van der Waals surface area contributed by atoms with Gasteiger partial charge in [-0.25, -0.2) is 4.79 Å². The van der Waals surface area contributed by atoms with Gasteiger partial charge in [-0.05, 0) is 58.7 Å². The van der Waals surface area contributed by atoms with Gasteiger partial charge in [-0.15, -0.1) is 0 Å². The summed E-state index contributed by atoms with van der Waals surface area (Å²) in [5, 5.41) is 3.58. The van der Waals surface area contributed by atoms with E-state index in [-0.39, 0.29) is 5.56 Å². The Kier molecular flexibility index (Phi) is 6.04. The molecule has 2 aromatic rings. The molecule has 0 aliphatic heterocycles. The fourth-order valence-corrected chi connectivity index (χ4v) is 2.59. The second-order valence-electron chi connectivity index (χ2n) is 4.67. The second-order valence-corrected chi connectivity index (χ2v) is 6.34. The highest BCUT2D eigenvalue weighted by atomic mass is 79.9. The van der Waals surface area contributed by atoms with Crippen LogP contribution in [-0.4, -0.2) is 18.5 Å². The monoisotopic (exact) mass is 415 g/mol. The second kappa shape index (κ2) is 7.81. The molecule has 0 radical (unpaired) electrons. The van der Waals surface area contributed by atoms with Gasteiger partial charge < -0.3 is 10.1 Å². The average Bonchev–Trinajstić information content (AvgIpc) is 2.53. The Hall–Kier alpha value is -1.56. The molecule has 23 heavy (non-hydrogen) atoms. The van der Waals surface area contributed by atoms with Crippen LogP contribution in [-0.2, 0) is 9.53 Å². The number of halogens is 3. The summed E-state index contributed by atoms with van der Waals surface area (Å²) >= 11 is 15.2. The highest BCUT2D eigenvalue weighted by Crippen LogP contribution is 2.30. The van der Waals surface area contributed by atoms with Crippen molar-refractivity contribution in [2.75, 3.05) is 11.9 Å². The number of hydrogen-bond donors (Lipinski definition) is 1. The summed E-state index contributed by atoms with van der Waals surface area (Å²) in [5.74, 6) is -1.07. The number of hydrogen-bond acceptors (Lipinski definition) is 3. The normalized spacial score (nSPS) is 10.3. The highest BCUT2D eigenvalue weighted by Gasteiger charge is 2.13. The first-order valence-corrected chi connectivity index (χ1v) is 8.10. The van der Waals surface area contributed by atoms with Gasteiger partial charge in [-0.2, -0.15) is 0 Å². The molecule has 0 saturated carbocycles. The van der Waals surface area contributed by atoms with Gasteiger partial charge in [0, 0.05) is 15.2 Å². The first-order valence-electron chi connectivity index (χ1n) is 6.55. The minimum atomic E-state index is -0.617. The molecular formula is C16H12BrCl2NO3. The molecule has 1 amide bonds. The number of esters is 1. The summed E-state index contributed by atoms with van der Waals surface area (Å²) in [6.45, 7) is 1.37. The molecule has 0 fully saturated rings. The Bertz CT molecular complexity index is 765. The largest absolute Gasteiger partial charge is 0.452 e. The zero-order valence-corrected chi connectivity index (χ0v) is 15.1. The van der Waals surface area contributed by atoms with Crippen molar-refractivity contribution < 1.29 is 14.3 Å². The SMILES string of the molecule is Cc1c(NC(=O)COC(=O)c2cccc(Cl)c2)ccc(Br)c1Cl. The smallest absolute Gasteiger partial charge is 0.338 e. The summed E-state index contributed by atoms with van der Waals surface area (Å²) in [7, 11) is 0. The zero-order valence-electron chi connectivity index (χ0n) is 12.0. The molecule has 2 aromatic carbocycles. The lowest BCUT2D eigenvalue weighted by Crippen LogP contribution is -2.21. The van der Waals surface area contributed by atoms with Crippen LogP contribution in [0.25, 0.3) is 0 Å². The van der Waals surface area contributed by atoms with Gasteiger partial charge in [0.2, 0.25) is 0 Å². The van der Waals surface area contributed by atoms with Crippen molar-refractivity contribution in [3.8, 4) is 0 Å². The van der Waals surface area contributed by atoms with E-state index < -0.39 is 18.5 Å². The topological polar surface area (TPSA) is 55.4 Å². The third kappa shape index (κ3) is 4.70. The van der Waals surface area contributed by atoms with Crippen molar-refractivity contribution in [2.45, 2.75) is 6.92 Å². The van der Waals surface area contributed by atoms with Crippen LogP contribution in [0.2, 0.25) is 10.0 Å². The van der Waals surface area contributed by atoms with E-state index in [1.54, 1.807) is 37.3 Å². The minimum absolute atomic E-state index is 0.285. The van der Waals surface area contributed by atoms with Gasteiger partial charge in [-0.3, -0.25) is 4.79 Å². The molecule has 4 nitrogen and oxygen atoms in total. The van der Waals surface area contributed by atoms with E-state index in [2.05, 4.69) is 21.2 Å². The summed E-state index contributed by atoms with van der Waals surface area (Å²) in [4.78, 5) is 23.7. The minimum Gasteiger partial charge on any atom is -0.452 e. The number of carbonyl (C=O) groups is 2. The van der Waals surface area contributed by atoms with Crippen molar-refractivity contribution >= 4 is 56.7 Å². The fraction of sp³-hybridized carbons (Fsp3) is 0.125. The summed E-state index contributed by atoms with van der Waals surface area (Å²) < 4.78 is 5.70. The quantitative estimate of drug-likeness (QED) is 0.724. The predicted octanol–water partition coefficient (Wildman–Crippen LogP) is 4.86. The summed E-state index contributed by atoms with van der Waals surface area (Å²) in [6.07, 6.45) is 0. The molecule has 0 bridgehead atoms. The Morgan fingerprint density at radius 3 is 2.65 bits per heavy atom. The van der Waals surface area contributed by atoms with Gasteiger partial charge in [0.25, 0.3) is 5.91 Å². The average molecular weight is 417 g/mol.